The van der Waals surface area contributed by atoms with Gasteiger partial charge in [-0.05, 0) is 24.6 Å². The van der Waals surface area contributed by atoms with Gasteiger partial charge in [-0.3, -0.25) is 4.68 Å². The van der Waals surface area contributed by atoms with E-state index in [-0.39, 0.29) is 5.56 Å². The number of hydrogen-bond acceptors (Lipinski definition) is 3. The molecule has 0 saturated carbocycles. The minimum absolute atomic E-state index is 0.336. The maximum Gasteiger partial charge on any atom is 0.338 e. The van der Waals surface area contributed by atoms with Gasteiger partial charge < -0.3 is 10.4 Å². The monoisotopic (exact) mass is 277 g/mol. The largest absolute Gasteiger partial charge is 0.478 e. The molecule has 0 aliphatic heterocycles. The Hall–Kier alpha value is -2.37. The first-order chi connectivity index (χ1) is 9.60. The zero-order valence-corrected chi connectivity index (χ0v) is 11.1. The molecule has 5 nitrogen and oxygen atoms in total. The highest BCUT2D eigenvalue weighted by Gasteiger charge is 2.10. The van der Waals surface area contributed by atoms with Gasteiger partial charge in [-0.2, -0.15) is 5.10 Å². The fourth-order valence-electron chi connectivity index (χ4n) is 1.85. The van der Waals surface area contributed by atoms with E-state index < -0.39 is 11.8 Å². The van der Waals surface area contributed by atoms with Crippen molar-refractivity contribution in [2.45, 2.75) is 26.4 Å². The minimum Gasteiger partial charge on any atom is -0.478 e. The maximum absolute atomic E-state index is 13.2. The van der Waals surface area contributed by atoms with Crippen molar-refractivity contribution in [1.29, 1.82) is 0 Å². The average Bonchev–Trinajstić information content (AvgIpc) is 2.86. The van der Waals surface area contributed by atoms with Crippen LogP contribution >= 0.6 is 0 Å². The molecular weight excluding hydrogens is 261 g/mol. The first-order valence-electron chi connectivity index (χ1n) is 6.38. The normalized spacial score (nSPS) is 10.5. The Kier molecular flexibility index (Phi) is 4.34. The fourth-order valence-corrected chi connectivity index (χ4v) is 1.85. The molecule has 0 fully saturated rings. The highest BCUT2D eigenvalue weighted by atomic mass is 19.1. The van der Waals surface area contributed by atoms with Crippen LogP contribution in [0, 0.1) is 5.82 Å². The smallest absolute Gasteiger partial charge is 0.338 e. The molecule has 0 amide bonds. The summed E-state index contributed by atoms with van der Waals surface area (Å²) >= 11 is 0. The second-order valence-corrected chi connectivity index (χ2v) is 4.46. The summed E-state index contributed by atoms with van der Waals surface area (Å²) in [6, 6.07) is 3.94. The molecule has 0 atom stereocenters. The lowest BCUT2D eigenvalue weighted by molar-refractivity contribution is 0.0692. The number of carboxylic acids is 1. The van der Waals surface area contributed by atoms with Crippen molar-refractivity contribution in [3.8, 4) is 0 Å². The number of hydrogen-bond donors (Lipinski definition) is 2. The highest BCUT2D eigenvalue weighted by Crippen LogP contribution is 2.15. The maximum atomic E-state index is 13.2. The van der Waals surface area contributed by atoms with Crippen molar-refractivity contribution in [2.75, 3.05) is 5.32 Å². The van der Waals surface area contributed by atoms with Crippen molar-refractivity contribution in [1.82, 2.24) is 9.78 Å². The molecule has 0 saturated heterocycles. The topological polar surface area (TPSA) is 67.2 Å². The third-order valence-electron chi connectivity index (χ3n) is 2.83. The van der Waals surface area contributed by atoms with Crippen molar-refractivity contribution < 1.29 is 14.3 Å². The van der Waals surface area contributed by atoms with Crippen LogP contribution in [0.4, 0.5) is 10.1 Å². The second-order valence-electron chi connectivity index (χ2n) is 4.46. The molecule has 0 bridgehead atoms. The molecule has 20 heavy (non-hydrogen) atoms. The molecule has 0 unspecified atom stereocenters. The van der Waals surface area contributed by atoms with Gasteiger partial charge >= 0.3 is 5.97 Å². The number of nitrogens with one attached hydrogen (secondary N) is 1. The molecule has 0 radical (unpaired) electrons. The third kappa shape index (κ3) is 3.34. The third-order valence-corrected chi connectivity index (χ3v) is 2.83. The Morgan fingerprint density at radius 1 is 1.50 bits per heavy atom. The van der Waals surface area contributed by atoms with Crippen molar-refractivity contribution >= 4 is 11.7 Å². The SMILES string of the molecule is CCCn1cc(CNc2ccc(F)c(C(=O)O)c2)cn1. The van der Waals surface area contributed by atoms with Crippen LogP contribution in [0.25, 0.3) is 0 Å². The number of anilines is 1. The van der Waals surface area contributed by atoms with Gasteiger partial charge in [0.15, 0.2) is 0 Å². The lowest BCUT2D eigenvalue weighted by Crippen LogP contribution is -2.04. The first-order valence-corrected chi connectivity index (χ1v) is 6.38. The highest BCUT2D eigenvalue weighted by molar-refractivity contribution is 5.89. The van der Waals surface area contributed by atoms with E-state index in [0.717, 1.165) is 24.6 Å². The number of rotatable bonds is 6. The molecule has 6 heteroatoms. The summed E-state index contributed by atoms with van der Waals surface area (Å²) in [5.41, 5.74) is 1.21. The van der Waals surface area contributed by atoms with E-state index in [0.29, 0.717) is 12.2 Å². The van der Waals surface area contributed by atoms with E-state index in [2.05, 4.69) is 17.3 Å². The first kappa shape index (κ1) is 14.0. The molecule has 2 rings (SSSR count). The van der Waals surface area contributed by atoms with Gasteiger partial charge in [-0.15, -0.1) is 0 Å². The predicted octanol–water partition coefficient (Wildman–Crippen LogP) is 2.74. The molecule has 2 N–H and O–H groups in total. The number of benzene rings is 1. The van der Waals surface area contributed by atoms with Crippen molar-refractivity contribution in [3.63, 3.8) is 0 Å². The Bertz CT molecular complexity index is 610. The molecule has 0 aliphatic carbocycles. The molecule has 1 aromatic carbocycles. The predicted molar refractivity (Wildman–Crippen MR) is 73.2 cm³/mol. The van der Waals surface area contributed by atoms with E-state index >= 15 is 0 Å². The van der Waals surface area contributed by atoms with Crippen molar-refractivity contribution in [2.24, 2.45) is 0 Å². The second kappa shape index (κ2) is 6.18. The number of nitrogens with zero attached hydrogens (tertiary/aromatic N) is 2. The van der Waals surface area contributed by atoms with Gasteiger partial charge in [-0.25, -0.2) is 9.18 Å². The van der Waals surface area contributed by atoms with E-state index in [4.69, 9.17) is 5.11 Å². The summed E-state index contributed by atoms with van der Waals surface area (Å²) in [5.74, 6) is -2.01. The van der Waals surface area contributed by atoms with E-state index in [1.807, 2.05) is 10.9 Å². The van der Waals surface area contributed by atoms with E-state index in [1.165, 1.54) is 12.1 Å². The Labute approximate surface area is 116 Å². The van der Waals surface area contributed by atoms with Crippen LogP contribution in [0.2, 0.25) is 0 Å². The number of aryl methyl sites for hydroxylation is 1. The summed E-state index contributed by atoms with van der Waals surface area (Å²) in [6.45, 7) is 3.44. The van der Waals surface area contributed by atoms with Crippen LogP contribution in [0.3, 0.4) is 0 Å². The van der Waals surface area contributed by atoms with Crippen LogP contribution < -0.4 is 5.32 Å². The lowest BCUT2D eigenvalue weighted by Gasteiger charge is -2.06. The Morgan fingerprint density at radius 2 is 2.30 bits per heavy atom. The summed E-state index contributed by atoms with van der Waals surface area (Å²) in [5, 5.41) is 16.1. The fraction of sp³-hybridized carbons (Fsp3) is 0.286. The van der Waals surface area contributed by atoms with E-state index in [1.54, 1.807) is 6.20 Å². The Balaban J connectivity index is 2.03. The van der Waals surface area contributed by atoms with Crippen LogP contribution in [-0.2, 0) is 13.1 Å². The zero-order chi connectivity index (χ0) is 14.5. The molecule has 1 heterocycles. The number of aromatic carboxylic acids is 1. The van der Waals surface area contributed by atoms with Crippen LogP contribution in [0.15, 0.2) is 30.6 Å². The van der Waals surface area contributed by atoms with Crippen LogP contribution in [0.5, 0.6) is 0 Å². The van der Waals surface area contributed by atoms with Gasteiger partial charge in [0, 0.05) is 30.5 Å². The van der Waals surface area contributed by atoms with Gasteiger partial charge in [0.05, 0.1) is 11.8 Å². The summed E-state index contributed by atoms with van der Waals surface area (Å²) in [6.07, 6.45) is 4.69. The Morgan fingerprint density at radius 3 is 3.00 bits per heavy atom. The number of aromatic nitrogens is 2. The average molecular weight is 277 g/mol. The van der Waals surface area contributed by atoms with E-state index in [9.17, 15) is 9.18 Å². The zero-order valence-electron chi connectivity index (χ0n) is 11.1. The molecule has 0 aliphatic rings. The summed E-state index contributed by atoms with van der Waals surface area (Å²) < 4.78 is 15.1. The van der Waals surface area contributed by atoms with Gasteiger partial charge in [0.1, 0.15) is 5.82 Å². The van der Waals surface area contributed by atoms with Gasteiger partial charge in [0.25, 0.3) is 0 Å². The molecule has 2 aromatic rings. The van der Waals surface area contributed by atoms with Crippen LogP contribution in [0.1, 0.15) is 29.3 Å². The van der Waals surface area contributed by atoms with Gasteiger partial charge in [0.2, 0.25) is 0 Å². The molecule has 1 aromatic heterocycles. The number of carbonyl (C=O) groups is 1. The summed E-state index contributed by atoms with van der Waals surface area (Å²) in [4.78, 5) is 10.8. The molecular formula is C14H16FN3O2. The molecule has 0 spiro atoms. The quantitative estimate of drug-likeness (QED) is 0.852. The number of halogens is 1. The minimum atomic E-state index is -1.28. The molecule has 106 valence electrons. The van der Waals surface area contributed by atoms with Crippen molar-refractivity contribution in [3.05, 3.63) is 47.5 Å². The van der Waals surface area contributed by atoms with Crippen LogP contribution in [-0.4, -0.2) is 20.9 Å². The standard InChI is InChI=1S/C14H16FN3O2/c1-2-5-18-9-10(8-17-18)7-16-11-3-4-13(15)12(6-11)14(19)20/h3-4,6,8-9,16H,2,5,7H2,1H3,(H,19,20). The van der Waals surface area contributed by atoms with Gasteiger partial charge in [-0.1, -0.05) is 6.92 Å². The summed E-state index contributed by atoms with van der Waals surface area (Å²) in [7, 11) is 0. The number of carboxylic acid groups (broad SMARTS) is 1. The lowest BCUT2D eigenvalue weighted by atomic mass is 10.2.